The number of alkyl halides is 6. The quantitative estimate of drug-likeness (QED) is 0.243. The van der Waals surface area contributed by atoms with E-state index in [1.807, 2.05) is 0 Å². The fraction of sp³-hybridized carbons (Fsp3) is 0.174. The fourth-order valence-corrected chi connectivity index (χ4v) is 3.41. The maximum Gasteiger partial charge on any atom is 0.430 e. The van der Waals surface area contributed by atoms with E-state index in [1.54, 1.807) is 0 Å². The Morgan fingerprint density at radius 1 is 0.917 bits per heavy atom. The Labute approximate surface area is 198 Å². The number of anilines is 1. The largest absolute Gasteiger partial charge is 0.430 e. The maximum atomic E-state index is 14.5. The number of nitrogens with one attached hydrogen (secondary N) is 1. The third-order valence-electron chi connectivity index (χ3n) is 5.23. The highest BCUT2D eigenvalue weighted by atomic mass is 19.4. The molecule has 0 aliphatic heterocycles. The number of hydrogen-bond acceptors (Lipinski definition) is 4. The first-order chi connectivity index (χ1) is 16.6. The van der Waals surface area contributed by atoms with Gasteiger partial charge in [-0.05, 0) is 23.8 Å². The van der Waals surface area contributed by atoms with Crippen molar-refractivity contribution >= 4 is 17.3 Å². The number of halogens is 7. The van der Waals surface area contributed by atoms with Gasteiger partial charge in [-0.3, -0.25) is 14.9 Å². The van der Waals surface area contributed by atoms with Gasteiger partial charge in [0, 0.05) is 28.4 Å². The highest BCUT2D eigenvalue weighted by Crippen LogP contribution is 2.50. The molecule has 0 aliphatic rings. The molecule has 0 saturated carbocycles. The van der Waals surface area contributed by atoms with Crippen LogP contribution in [0.1, 0.15) is 11.1 Å². The molecule has 0 spiro atoms. The van der Waals surface area contributed by atoms with E-state index < -0.39 is 40.2 Å². The standard InChI is InChI=1S/C23H15F7N2O4/c24-18-12-15(21(34,22(25,26)27)23(28,29)30)7-10-17(18)13-5-8-16(9-6-13)31-20(33)11-14-3-1-2-4-19(14)32(35)36/h1-10,12,34H,11H2,(H,31,33). The van der Waals surface area contributed by atoms with Crippen molar-refractivity contribution in [1.82, 2.24) is 0 Å². The average molecular weight is 516 g/mol. The number of benzene rings is 3. The van der Waals surface area contributed by atoms with E-state index in [-0.39, 0.29) is 40.6 Å². The van der Waals surface area contributed by atoms with Crippen molar-refractivity contribution in [3.63, 3.8) is 0 Å². The SMILES string of the molecule is O=C(Cc1ccccc1[N+](=O)[O-])Nc1ccc(-c2ccc(C(O)(C(F)(F)F)C(F)(F)F)cc2F)cc1. The molecule has 0 radical (unpaired) electrons. The Hall–Kier alpha value is -4.00. The first kappa shape index (κ1) is 26.6. The zero-order chi connectivity index (χ0) is 26.9. The summed E-state index contributed by atoms with van der Waals surface area (Å²) < 4.78 is 92.7. The molecule has 0 bridgehead atoms. The average Bonchev–Trinajstić information content (AvgIpc) is 2.77. The molecule has 1 amide bonds. The minimum atomic E-state index is -6.15. The second-order valence-electron chi connectivity index (χ2n) is 7.59. The van der Waals surface area contributed by atoms with Crippen LogP contribution in [0.15, 0.2) is 66.7 Å². The van der Waals surface area contributed by atoms with Gasteiger partial charge >= 0.3 is 12.4 Å². The minimum absolute atomic E-state index is 0.0429. The Balaban J connectivity index is 1.80. The number of carbonyl (C=O) groups excluding carboxylic acids is 1. The van der Waals surface area contributed by atoms with Crippen LogP contribution in [-0.4, -0.2) is 28.3 Å². The van der Waals surface area contributed by atoms with Crippen LogP contribution in [0.4, 0.5) is 42.1 Å². The van der Waals surface area contributed by atoms with Gasteiger partial charge in [-0.25, -0.2) is 4.39 Å². The molecule has 0 aliphatic carbocycles. The molecule has 3 aromatic rings. The lowest BCUT2D eigenvalue weighted by atomic mass is 9.90. The molecule has 3 rings (SSSR count). The summed E-state index contributed by atoms with van der Waals surface area (Å²) in [6.07, 6.45) is -12.6. The molecule has 0 unspecified atom stereocenters. The lowest BCUT2D eigenvalue weighted by Crippen LogP contribution is -2.53. The van der Waals surface area contributed by atoms with E-state index in [9.17, 15) is 50.7 Å². The lowest BCUT2D eigenvalue weighted by molar-refractivity contribution is -0.385. The zero-order valence-electron chi connectivity index (χ0n) is 17.8. The van der Waals surface area contributed by atoms with E-state index in [4.69, 9.17) is 0 Å². The Kier molecular flexibility index (Phi) is 7.07. The van der Waals surface area contributed by atoms with Crippen LogP contribution in [-0.2, 0) is 16.8 Å². The highest BCUT2D eigenvalue weighted by Gasteiger charge is 2.71. The van der Waals surface area contributed by atoms with Crippen molar-refractivity contribution < 1.29 is 45.6 Å². The smallest absolute Gasteiger partial charge is 0.369 e. The number of aliphatic hydroxyl groups is 1. The fourth-order valence-electron chi connectivity index (χ4n) is 3.41. The minimum Gasteiger partial charge on any atom is -0.369 e. The summed E-state index contributed by atoms with van der Waals surface area (Å²) in [5, 5.41) is 22.9. The van der Waals surface area contributed by atoms with Gasteiger partial charge in [-0.15, -0.1) is 0 Å². The van der Waals surface area contributed by atoms with Crippen molar-refractivity contribution in [1.29, 1.82) is 0 Å². The van der Waals surface area contributed by atoms with E-state index in [2.05, 4.69) is 5.32 Å². The van der Waals surface area contributed by atoms with Crippen LogP contribution in [0.5, 0.6) is 0 Å². The molecule has 2 N–H and O–H groups in total. The van der Waals surface area contributed by atoms with Crippen molar-refractivity contribution in [2.24, 2.45) is 0 Å². The van der Waals surface area contributed by atoms with Gasteiger partial charge in [0.25, 0.3) is 11.3 Å². The van der Waals surface area contributed by atoms with Crippen LogP contribution in [0, 0.1) is 15.9 Å². The molecular formula is C23H15F7N2O4. The van der Waals surface area contributed by atoms with Crippen molar-refractivity contribution in [3.8, 4) is 11.1 Å². The molecule has 13 heteroatoms. The topological polar surface area (TPSA) is 92.5 Å². The van der Waals surface area contributed by atoms with Gasteiger partial charge in [0.2, 0.25) is 5.91 Å². The molecule has 190 valence electrons. The molecule has 0 fully saturated rings. The highest BCUT2D eigenvalue weighted by molar-refractivity contribution is 5.93. The van der Waals surface area contributed by atoms with Crippen molar-refractivity contribution in [2.75, 3.05) is 5.32 Å². The normalized spacial score (nSPS) is 12.3. The summed E-state index contributed by atoms with van der Waals surface area (Å²) in [5.41, 5.74) is -7.19. The number of nitro benzene ring substituents is 1. The molecule has 3 aromatic carbocycles. The molecule has 0 heterocycles. The first-order valence-electron chi connectivity index (χ1n) is 9.93. The van der Waals surface area contributed by atoms with Gasteiger partial charge in [0.1, 0.15) is 5.82 Å². The summed E-state index contributed by atoms with van der Waals surface area (Å²) in [6, 6.07) is 11.6. The Bertz CT molecular complexity index is 1270. The zero-order valence-corrected chi connectivity index (χ0v) is 17.8. The third-order valence-corrected chi connectivity index (χ3v) is 5.23. The monoisotopic (exact) mass is 516 g/mol. The number of rotatable bonds is 6. The van der Waals surface area contributed by atoms with E-state index in [1.165, 1.54) is 48.5 Å². The molecule has 6 nitrogen and oxygen atoms in total. The summed E-state index contributed by atoms with van der Waals surface area (Å²) >= 11 is 0. The summed E-state index contributed by atoms with van der Waals surface area (Å²) in [6.45, 7) is 0. The van der Waals surface area contributed by atoms with E-state index >= 15 is 0 Å². The second-order valence-corrected chi connectivity index (χ2v) is 7.59. The van der Waals surface area contributed by atoms with Crippen molar-refractivity contribution in [2.45, 2.75) is 24.4 Å². The lowest BCUT2D eigenvalue weighted by Gasteiger charge is -2.32. The summed E-state index contributed by atoms with van der Waals surface area (Å²) in [5.74, 6) is -2.06. The molecule has 36 heavy (non-hydrogen) atoms. The number of nitrogens with zero attached hydrogens (tertiary/aromatic N) is 1. The molecule has 0 saturated heterocycles. The van der Waals surface area contributed by atoms with Crippen LogP contribution < -0.4 is 5.32 Å². The number of hydrogen-bond donors (Lipinski definition) is 2. The predicted molar refractivity (Wildman–Crippen MR) is 113 cm³/mol. The molecule has 0 aromatic heterocycles. The van der Waals surface area contributed by atoms with Crippen LogP contribution in [0.3, 0.4) is 0 Å². The maximum absolute atomic E-state index is 14.5. The van der Waals surface area contributed by atoms with Gasteiger partial charge in [-0.2, -0.15) is 26.3 Å². The van der Waals surface area contributed by atoms with Gasteiger partial charge < -0.3 is 10.4 Å². The first-order valence-corrected chi connectivity index (χ1v) is 9.93. The second kappa shape index (κ2) is 9.57. The van der Waals surface area contributed by atoms with Gasteiger partial charge in [0.15, 0.2) is 0 Å². The Morgan fingerprint density at radius 3 is 2.03 bits per heavy atom. The van der Waals surface area contributed by atoms with Crippen LogP contribution in [0.25, 0.3) is 11.1 Å². The summed E-state index contributed by atoms with van der Waals surface area (Å²) in [4.78, 5) is 22.7. The number of para-hydroxylation sites is 1. The van der Waals surface area contributed by atoms with Crippen LogP contribution >= 0.6 is 0 Å². The Morgan fingerprint density at radius 2 is 1.50 bits per heavy atom. The summed E-state index contributed by atoms with van der Waals surface area (Å²) in [7, 11) is 0. The van der Waals surface area contributed by atoms with Gasteiger partial charge in [0.05, 0.1) is 11.3 Å². The number of carbonyl (C=O) groups is 1. The number of nitro groups is 1. The molecule has 0 atom stereocenters. The van der Waals surface area contributed by atoms with Gasteiger partial charge in [-0.1, -0.05) is 42.5 Å². The van der Waals surface area contributed by atoms with Crippen molar-refractivity contribution in [3.05, 3.63) is 93.8 Å². The van der Waals surface area contributed by atoms with Crippen LogP contribution in [0.2, 0.25) is 0 Å². The van der Waals surface area contributed by atoms with E-state index in [0.29, 0.717) is 12.1 Å². The third kappa shape index (κ3) is 5.15. The van der Waals surface area contributed by atoms with E-state index in [0.717, 1.165) is 0 Å². The number of amides is 1. The predicted octanol–water partition coefficient (Wildman–Crippen LogP) is 5.89. The molecular weight excluding hydrogens is 501 g/mol.